The van der Waals surface area contributed by atoms with Gasteiger partial charge in [0.15, 0.2) is 0 Å². The van der Waals surface area contributed by atoms with Gasteiger partial charge in [-0.2, -0.15) is 4.98 Å². The summed E-state index contributed by atoms with van der Waals surface area (Å²) < 4.78 is 14.4. The molecule has 1 aliphatic rings. The molecule has 6 heteroatoms. The quantitative estimate of drug-likeness (QED) is 0.437. The van der Waals surface area contributed by atoms with Gasteiger partial charge in [0.25, 0.3) is 0 Å². The molecule has 0 atom stereocenters. The number of nitrogens with one attached hydrogen (secondary N) is 1. The van der Waals surface area contributed by atoms with Crippen LogP contribution >= 0.6 is 0 Å². The highest BCUT2D eigenvalue weighted by Gasteiger charge is 2.24. The van der Waals surface area contributed by atoms with Crippen molar-refractivity contribution in [2.45, 2.75) is 37.8 Å². The molecular formula is C25H26N4O2. The number of hydrogen-bond acceptors (Lipinski definition) is 5. The summed E-state index contributed by atoms with van der Waals surface area (Å²) in [6.07, 6.45) is 8.30. The third-order valence-corrected chi connectivity index (χ3v) is 5.98. The van der Waals surface area contributed by atoms with Crippen LogP contribution in [-0.4, -0.2) is 27.6 Å². The van der Waals surface area contributed by atoms with E-state index in [9.17, 15) is 0 Å². The maximum absolute atomic E-state index is 6.19. The van der Waals surface area contributed by atoms with Gasteiger partial charge in [-0.05, 0) is 75.2 Å². The lowest BCUT2D eigenvalue weighted by Crippen LogP contribution is -2.30. The Bertz CT molecular complexity index is 1130. The van der Waals surface area contributed by atoms with Crippen molar-refractivity contribution in [3.63, 3.8) is 0 Å². The van der Waals surface area contributed by atoms with Crippen LogP contribution < -0.4 is 14.8 Å². The number of para-hydroxylation sites is 1. The Morgan fingerprint density at radius 3 is 2.19 bits per heavy atom. The Morgan fingerprint density at radius 1 is 0.806 bits per heavy atom. The van der Waals surface area contributed by atoms with Gasteiger partial charge in [0, 0.05) is 18.3 Å². The second kappa shape index (κ2) is 8.78. The second-order valence-corrected chi connectivity index (χ2v) is 7.92. The van der Waals surface area contributed by atoms with Crippen molar-refractivity contribution in [2.75, 3.05) is 7.05 Å². The maximum Gasteiger partial charge on any atom is 0.247 e. The van der Waals surface area contributed by atoms with Crippen molar-refractivity contribution in [3.8, 4) is 23.1 Å². The van der Waals surface area contributed by atoms with Gasteiger partial charge < -0.3 is 19.4 Å². The van der Waals surface area contributed by atoms with E-state index in [0.717, 1.165) is 35.4 Å². The van der Waals surface area contributed by atoms with E-state index in [1.54, 1.807) is 6.33 Å². The number of hydrogen-bond donors (Lipinski definition) is 1. The molecular weight excluding hydrogens is 388 g/mol. The number of rotatable bonds is 6. The van der Waals surface area contributed by atoms with E-state index in [1.807, 2.05) is 67.7 Å². The highest BCUT2D eigenvalue weighted by molar-refractivity contribution is 5.81. The van der Waals surface area contributed by atoms with E-state index in [1.165, 1.54) is 12.8 Å². The van der Waals surface area contributed by atoms with Crippen LogP contribution in [0.4, 0.5) is 0 Å². The molecule has 0 bridgehead atoms. The molecule has 0 radical (unpaired) electrons. The summed E-state index contributed by atoms with van der Waals surface area (Å²) in [5.41, 5.74) is 1.87. The number of aromatic nitrogens is 3. The molecule has 2 aromatic heterocycles. The van der Waals surface area contributed by atoms with E-state index >= 15 is 0 Å². The van der Waals surface area contributed by atoms with Gasteiger partial charge in [0.2, 0.25) is 5.88 Å². The van der Waals surface area contributed by atoms with Crippen LogP contribution in [0.15, 0.2) is 73.2 Å². The third kappa shape index (κ3) is 4.25. The summed E-state index contributed by atoms with van der Waals surface area (Å²) in [5, 5.41) is 3.40. The third-order valence-electron chi connectivity index (χ3n) is 5.98. The van der Waals surface area contributed by atoms with Crippen LogP contribution in [0.5, 0.6) is 23.1 Å². The molecule has 2 heterocycles. The minimum atomic E-state index is 0.442. The van der Waals surface area contributed by atoms with E-state index < -0.39 is 0 Å². The Balaban J connectivity index is 1.36. The first kappa shape index (κ1) is 19.6. The molecule has 1 N–H and O–H groups in total. The van der Waals surface area contributed by atoms with Gasteiger partial charge in [-0.25, -0.2) is 4.98 Å². The first-order valence-electron chi connectivity index (χ1n) is 10.8. The fraction of sp³-hybridized carbons (Fsp3) is 0.280. The molecule has 1 fully saturated rings. The molecule has 1 aliphatic carbocycles. The fourth-order valence-electron chi connectivity index (χ4n) is 4.30. The molecule has 0 amide bonds. The highest BCUT2D eigenvalue weighted by Crippen LogP contribution is 2.35. The molecule has 5 rings (SSSR count). The van der Waals surface area contributed by atoms with Crippen LogP contribution in [0.1, 0.15) is 31.7 Å². The van der Waals surface area contributed by atoms with Crippen LogP contribution in [0.25, 0.3) is 11.0 Å². The normalized spacial score (nSPS) is 18.7. The molecule has 4 aromatic rings. The summed E-state index contributed by atoms with van der Waals surface area (Å²) in [4.78, 5) is 8.90. The molecule has 158 valence electrons. The van der Waals surface area contributed by atoms with Crippen molar-refractivity contribution in [1.29, 1.82) is 0 Å². The first-order chi connectivity index (χ1) is 15.3. The van der Waals surface area contributed by atoms with E-state index in [-0.39, 0.29) is 0 Å². The first-order valence-corrected chi connectivity index (χ1v) is 10.8. The summed E-state index contributed by atoms with van der Waals surface area (Å²) in [6.45, 7) is 0. The van der Waals surface area contributed by atoms with Crippen molar-refractivity contribution < 1.29 is 9.47 Å². The van der Waals surface area contributed by atoms with Gasteiger partial charge in [-0.15, -0.1) is 0 Å². The van der Waals surface area contributed by atoms with E-state index in [4.69, 9.17) is 9.47 Å². The number of ether oxygens (including phenoxy) is 2. The molecule has 0 spiro atoms. The minimum Gasteiger partial charge on any atom is -0.457 e. The standard InChI is InChI=1S/C25H26N4O2/c1-26-18-7-9-19(10-8-18)29-16-15-23-24(29)25(28-17-27-23)31-22-13-11-21(12-14-22)30-20-5-3-2-4-6-20/h2-6,11-19,26H,7-10H2,1H3. The van der Waals surface area contributed by atoms with Crippen molar-refractivity contribution in [1.82, 2.24) is 19.9 Å². The lowest BCUT2D eigenvalue weighted by atomic mass is 9.91. The lowest BCUT2D eigenvalue weighted by molar-refractivity contribution is 0.304. The predicted octanol–water partition coefficient (Wildman–Crippen LogP) is 5.72. The van der Waals surface area contributed by atoms with Crippen LogP contribution in [0.3, 0.4) is 0 Å². The average Bonchev–Trinajstić information content (AvgIpc) is 3.26. The van der Waals surface area contributed by atoms with E-state index in [2.05, 4.69) is 26.0 Å². The highest BCUT2D eigenvalue weighted by atomic mass is 16.5. The zero-order chi connectivity index (χ0) is 21.0. The summed E-state index contributed by atoms with van der Waals surface area (Å²) in [5.74, 6) is 2.87. The topological polar surface area (TPSA) is 61.2 Å². The second-order valence-electron chi connectivity index (χ2n) is 7.92. The van der Waals surface area contributed by atoms with Gasteiger partial charge >= 0.3 is 0 Å². The molecule has 6 nitrogen and oxygen atoms in total. The SMILES string of the molecule is CNC1CCC(n2ccc3ncnc(Oc4ccc(Oc5ccccc5)cc4)c32)CC1. The summed E-state index contributed by atoms with van der Waals surface area (Å²) >= 11 is 0. The molecule has 0 aliphatic heterocycles. The van der Waals surface area contributed by atoms with Crippen molar-refractivity contribution in [3.05, 3.63) is 73.2 Å². The van der Waals surface area contributed by atoms with Crippen LogP contribution in [-0.2, 0) is 0 Å². The van der Waals surface area contributed by atoms with Crippen LogP contribution in [0.2, 0.25) is 0 Å². The number of benzene rings is 2. The Morgan fingerprint density at radius 2 is 1.48 bits per heavy atom. The van der Waals surface area contributed by atoms with Crippen molar-refractivity contribution in [2.24, 2.45) is 0 Å². The molecule has 0 unspecified atom stereocenters. The van der Waals surface area contributed by atoms with Gasteiger partial charge in [0.05, 0.1) is 5.52 Å². The summed E-state index contributed by atoms with van der Waals surface area (Å²) in [7, 11) is 2.05. The fourth-order valence-corrected chi connectivity index (χ4v) is 4.30. The average molecular weight is 415 g/mol. The number of fused-ring (bicyclic) bond motifs is 1. The minimum absolute atomic E-state index is 0.442. The van der Waals surface area contributed by atoms with E-state index in [0.29, 0.717) is 23.7 Å². The number of nitrogens with zero attached hydrogens (tertiary/aromatic N) is 3. The Labute approximate surface area is 181 Å². The van der Waals surface area contributed by atoms with Crippen LogP contribution in [0, 0.1) is 0 Å². The maximum atomic E-state index is 6.19. The zero-order valence-electron chi connectivity index (χ0n) is 17.6. The molecule has 1 saturated carbocycles. The smallest absolute Gasteiger partial charge is 0.247 e. The summed E-state index contributed by atoms with van der Waals surface area (Å²) in [6, 6.07) is 20.4. The largest absolute Gasteiger partial charge is 0.457 e. The Kier molecular flexibility index (Phi) is 5.54. The van der Waals surface area contributed by atoms with Crippen molar-refractivity contribution >= 4 is 11.0 Å². The molecule has 0 saturated heterocycles. The molecule has 31 heavy (non-hydrogen) atoms. The monoisotopic (exact) mass is 414 g/mol. The van der Waals surface area contributed by atoms with Gasteiger partial charge in [0.1, 0.15) is 29.1 Å². The Hall–Kier alpha value is -3.38. The zero-order valence-corrected chi connectivity index (χ0v) is 17.6. The molecule has 2 aromatic carbocycles. The van der Waals surface area contributed by atoms with Gasteiger partial charge in [-0.1, -0.05) is 18.2 Å². The predicted molar refractivity (Wildman–Crippen MR) is 121 cm³/mol. The lowest BCUT2D eigenvalue weighted by Gasteiger charge is -2.29. The van der Waals surface area contributed by atoms with Gasteiger partial charge in [-0.3, -0.25) is 0 Å².